The molecule has 1 aliphatic rings. The molecule has 0 amide bonds. The van der Waals surface area contributed by atoms with Crippen molar-refractivity contribution in [3.63, 3.8) is 0 Å². The summed E-state index contributed by atoms with van der Waals surface area (Å²) >= 11 is 0. The molecule has 0 spiro atoms. The molecule has 27 heavy (non-hydrogen) atoms. The van der Waals surface area contributed by atoms with Gasteiger partial charge in [0.15, 0.2) is 0 Å². The fraction of sp³-hybridized carbons (Fsp3) is 0.200. The first-order valence-electron chi connectivity index (χ1n) is 8.74. The quantitative estimate of drug-likeness (QED) is 0.648. The van der Waals surface area contributed by atoms with Gasteiger partial charge in [0.1, 0.15) is 5.82 Å². The first-order valence-corrected chi connectivity index (χ1v) is 8.74. The number of esters is 1. The molecule has 2 heterocycles. The molecule has 2 aromatic heterocycles. The number of pyridine rings is 1. The van der Waals surface area contributed by atoms with Crippen molar-refractivity contribution in [2.24, 2.45) is 0 Å². The third-order valence-electron chi connectivity index (χ3n) is 4.14. The molecule has 0 radical (unpaired) electrons. The van der Waals surface area contributed by atoms with Gasteiger partial charge in [-0.1, -0.05) is 6.07 Å². The summed E-state index contributed by atoms with van der Waals surface area (Å²) in [6.45, 7) is 0. The number of methoxy groups -OCH3 is 1. The van der Waals surface area contributed by atoms with Crippen molar-refractivity contribution in [1.29, 1.82) is 0 Å². The van der Waals surface area contributed by atoms with E-state index in [1.807, 2.05) is 36.4 Å². The van der Waals surface area contributed by atoms with Crippen LogP contribution in [-0.2, 0) is 4.74 Å². The minimum absolute atomic E-state index is 0.364. The van der Waals surface area contributed by atoms with E-state index < -0.39 is 0 Å². The normalized spacial score (nSPS) is 13.1. The van der Waals surface area contributed by atoms with E-state index >= 15 is 0 Å². The van der Waals surface area contributed by atoms with Gasteiger partial charge in [-0.2, -0.15) is 4.98 Å². The molecule has 1 fully saturated rings. The minimum atomic E-state index is -0.364. The van der Waals surface area contributed by atoms with Gasteiger partial charge in [0.25, 0.3) is 0 Å². The Morgan fingerprint density at radius 3 is 2.56 bits per heavy atom. The lowest BCUT2D eigenvalue weighted by Crippen LogP contribution is -2.08. The molecule has 0 bridgehead atoms. The Labute approximate surface area is 156 Å². The number of benzene rings is 1. The zero-order valence-electron chi connectivity index (χ0n) is 14.8. The van der Waals surface area contributed by atoms with E-state index in [-0.39, 0.29) is 5.97 Å². The molecule has 2 N–H and O–H groups in total. The number of carbonyl (C=O) groups excluding carboxylic acids is 1. The summed E-state index contributed by atoms with van der Waals surface area (Å²) in [7, 11) is 1.36. The number of carbonyl (C=O) groups is 1. The summed E-state index contributed by atoms with van der Waals surface area (Å²) in [6, 6.07) is 15.0. The highest BCUT2D eigenvalue weighted by molar-refractivity contribution is 5.89. The summed E-state index contributed by atoms with van der Waals surface area (Å²) < 4.78 is 4.72. The summed E-state index contributed by atoms with van der Waals surface area (Å²) in [5.41, 5.74) is 2.83. The van der Waals surface area contributed by atoms with Crippen LogP contribution < -0.4 is 10.6 Å². The standard InChI is InChI=1S/C20H19N5O2/c1-27-19(26)13-5-7-14(8-6-13)22-18-12-17(16-4-2-3-11-21-16)24-20(25-18)23-15-9-10-15/h2-8,11-12,15H,9-10H2,1H3,(H2,22,23,24,25). The van der Waals surface area contributed by atoms with Crippen molar-refractivity contribution in [1.82, 2.24) is 15.0 Å². The van der Waals surface area contributed by atoms with Gasteiger partial charge in [-0.3, -0.25) is 4.98 Å². The molecule has 1 aliphatic carbocycles. The van der Waals surface area contributed by atoms with E-state index in [1.54, 1.807) is 18.3 Å². The molecule has 0 unspecified atom stereocenters. The highest BCUT2D eigenvalue weighted by Gasteiger charge is 2.22. The van der Waals surface area contributed by atoms with Crippen LogP contribution in [-0.4, -0.2) is 34.1 Å². The largest absolute Gasteiger partial charge is 0.465 e. The molecule has 0 atom stereocenters. The van der Waals surface area contributed by atoms with E-state index in [0.717, 1.165) is 29.9 Å². The first kappa shape index (κ1) is 17.0. The Bertz CT molecular complexity index is 940. The van der Waals surface area contributed by atoms with Gasteiger partial charge in [0, 0.05) is 24.0 Å². The molecule has 1 saturated carbocycles. The Hall–Kier alpha value is -3.48. The topological polar surface area (TPSA) is 89.0 Å². The highest BCUT2D eigenvalue weighted by atomic mass is 16.5. The van der Waals surface area contributed by atoms with E-state index in [1.165, 1.54) is 7.11 Å². The smallest absolute Gasteiger partial charge is 0.337 e. The molecule has 1 aromatic carbocycles. The molecular weight excluding hydrogens is 342 g/mol. The van der Waals surface area contributed by atoms with E-state index in [9.17, 15) is 4.79 Å². The fourth-order valence-corrected chi connectivity index (χ4v) is 2.59. The molecule has 7 nitrogen and oxygen atoms in total. The number of ether oxygens (including phenoxy) is 1. The van der Waals surface area contributed by atoms with Crippen molar-refractivity contribution in [3.8, 4) is 11.4 Å². The van der Waals surface area contributed by atoms with Crippen LogP contribution in [0.4, 0.5) is 17.5 Å². The van der Waals surface area contributed by atoms with Gasteiger partial charge in [-0.05, 0) is 49.2 Å². The zero-order valence-corrected chi connectivity index (χ0v) is 14.8. The van der Waals surface area contributed by atoms with Crippen LogP contribution >= 0.6 is 0 Å². The van der Waals surface area contributed by atoms with Crippen molar-refractivity contribution in [2.45, 2.75) is 18.9 Å². The number of aromatic nitrogens is 3. The van der Waals surface area contributed by atoms with Crippen LogP contribution in [0.1, 0.15) is 23.2 Å². The third-order valence-corrected chi connectivity index (χ3v) is 4.14. The maximum absolute atomic E-state index is 11.6. The number of nitrogens with zero attached hydrogens (tertiary/aromatic N) is 3. The molecule has 0 saturated heterocycles. The lowest BCUT2D eigenvalue weighted by molar-refractivity contribution is 0.0601. The number of anilines is 3. The van der Waals surface area contributed by atoms with Crippen LogP contribution in [0.5, 0.6) is 0 Å². The summed E-state index contributed by atoms with van der Waals surface area (Å²) in [4.78, 5) is 25.1. The van der Waals surface area contributed by atoms with Crippen LogP contribution in [0.25, 0.3) is 11.4 Å². The van der Waals surface area contributed by atoms with E-state index in [0.29, 0.717) is 23.4 Å². The van der Waals surface area contributed by atoms with Gasteiger partial charge in [0.05, 0.1) is 24.1 Å². The second-order valence-corrected chi connectivity index (χ2v) is 6.29. The third kappa shape index (κ3) is 4.20. The lowest BCUT2D eigenvalue weighted by Gasteiger charge is -2.11. The fourth-order valence-electron chi connectivity index (χ4n) is 2.59. The SMILES string of the molecule is COC(=O)c1ccc(Nc2cc(-c3ccccn3)nc(NC3CC3)n2)cc1. The molecule has 7 heteroatoms. The average Bonchev–Trinajstić information content (AvgIpc) is 3.52. The molecule has 0 aliphatic heterocycles. The Morgan fingerprint density at radius 1 is 1.07 bits per heavy atom. The second kappa shape index (κ2) is 7.41. The molecule has 4 rings (SSSR count). The maximum atomic E-state index is 11.6. The Kier molecular flexibility index (Phi) is 4.65. The zero-order chi connectivity index (χ0) is 18.6. The first-order chi connectivity index (χ1) is 13.2. The van der Waals surface area contributed by atoms with Crippen LogP contribution in [0.3, 0.4) is 0 Å². The monoisotopic (exact) mass is 361 g/mol. The summed E-state index contributed by atoms with van der Waals surface area (Å²) in [6.07, 6.45) is 4.01. The second-order valence-electron chi connectivity index (χ2n) is 6.29. The van der Waals surface area contributed by atoms with Crippen molar-refractivity contribution < 1.29 is 9.53 Å². The Balaban J connectivity index is 1.61. The van der Waals surface area contributed by atoms with Crippen LogP contribution in [0.15, 0.2) is 54.7 Å². The minimum Gasteiger partial charge on any atom is -0.465 e. The number of hydrogen-bond acceptors (Lipinski definition) is 7. The Morgan fingerprint density at radius 2 is 1.89 bits per heavy atom. The van der Waals surface area contributed by atoms with Gasteiger partial charge in [0.2, 0.25) is 5.95 Å². The van der Waals surface area contributed by atoms with E-state index in [4.69, 9.17) is 4.74 Å². The number of hydrogen-bond donors (Lipinski definition) is 2. The van der Waals surface area contributed by atoms with Gasteiger partial charge in [-0.15, -0.1) is 0 Å². The predicted molar refractivity (Wildman–Crippen MR) is 103 cm³/mol. The van der Waals surface area contributed by atoms with Gasteiger partial charge < -0.3 is 15.4 Å². The van der Waals surface area contributed by atoms with Crippen molar-refractivity contribution in [2.75, 3.05) is 17.7 Å². The average molecular weight is 361 g/mol. The molecule has 3 aromatic rings. The van der Waals surface area contributed by atoms with Crippen LogP contribution in [0, 0.1) is 0 Å². The van der Waals surface area contributed by atoms with Crippen molar-refractivity contribution in [3.05, 3.63) is 60.3 Å². The van der Waals surface area contributed by atoms with Crippen molar-refractivity contribution >= 4 is 23.4 Å². The highest BCUT2D eigenvalue weighted by Crippen LogP contribution is 2.27. The van der Waals surface area contributed by atoms with Crippen LogP contribution in [0.2, 0.25) is 0 Å². The van der Waals surface area contributed by atoms with Gasteiger partial charge in [-0.25, -0.2) is 9.78 Å². The summed E-state index contributed by atoms with van der Waals surface area (Å²) in [5, 5.41) is 6.59. The van der Waals surface area contributed by atoms with Gasteiger partial charge >= 0.3 is 5.97 Å². The maximum Gasteiger partial charge on any atom is 0.337 e. The summed E-state index contributed by atoms with van der Waals surface area (Å²) in [5.74, 6) is 0.867. The molecule has 136 valence electrons. The lowest BCUT2D eigenvalue weighted by atomic mass is 10.2. The molecular formula is C20H19N5O2. The number of nitrogens with one attached hydrogen (secondary N) is 2. The number of rotatable bonds is 6. The predicted octanol–water partition coefficient (Wildman–Crippen LogP) is 3.64. The van der Waals surface area contributed by atoms with E-state index in [2.05, 4.69) is 25.6 Å².